The first-order valence-corrected chi connectivity index (χ1v) is 5.70. The van der Waals surface area contributed by atoms with Crippen LogP contribution < -0.4 is 5.32 Å². The van der Waals surface area contributed by atoms with Crippen LogP contribution in [-0.4, -0.2) is 16.0 Å². The molecule has 0 aliphatic heterocycles. The molecule has 0 radical (unpaired) electrons. The normalized spacial score (nSPS) is 10.1. The van der Waals surface area contributed by atoms with Gasteiger partial charge in [-0.05, 0) is 29.8 Å². The number of rotatable bonds is 3. The summed E-state index contributed by atoms with van der Waals surface area (Å²) in [4.78, 5) is 15.6. The van der Waals surface area contributed by atoms with Gasteiger partial charge >= 0.3 is 0 Å². The number of carbonyl (C=O) groups excluding carboxylic acids is 1. The van der Waals surface area contributed by atoms with Crippen LogP contribution in [0.15, 0.2) is 42.6 Å². The Morgan fingerprint density at radius 1 is 1.22 bits per heavy atom. The highest BCUT2D eigenvalue weighted by Crippen LogP contribution is 2.10. The lowest BCUT2D eigenvalue weighted by Gasteiger charge is -2.05. The van der Waals surface area contributed by atoms with Gasteiger partial charge in [0, 0.05) is 12.7 Å². The summed E-state index contributed by atoms with van der Waals surface area (Å²) in [7, 11) is 0. The minimum absolute atomic E-state index is 0.201. The van der Waals surface area contributed by atoms with Gasteiger partial charge in [-0.3, -0.25) is 4.79 Å². The molecule has 1 aromatic heterocycles. The zero-order valence-electron chi connectivity index (χ0n) is 9.43. The molecule has 0 fully saturated rings. The van der Waals surface area contributed by atoms with Crippen LogP contribution in [0.4, 0.5) is 0 Å². The number of carbonyl (C=O) groups is 1. The average molecular weight is 263 g/mol. The lowest BCUT2D eigenvalue weighted by atomic mass is 10.2. The quantitative estimate of drug-likeness (QED) is 0.835. The highest BCUT2D eigenvalue weighted by Gasteiger charge is 2.05. The molecule has 0 bridgehead atoms. The lowest BCUT2D eigenvalue weighted by molar-refractivity contribution is 0.0950. The molecule has 0 aliphatic rings. The molecular formula is C13H11ClN2O2. The third-order valence-corrected chi connectivity index (χ3v) is 2.60. The van der Waals surface area contributed by atoms with E-state index >= 15 is 0 Å². The molecule has 4 nitrogen and oxygen atoms in total. The predicted octanol–water partition coefficient (Wildman–Crippen LogP) is 2.37. The standard InChI is InChI=1S/C13H11ClN2O2/c14-12-6-3-10(8-15-12)13(18)16-7-9-1-4-11(17)5-2-9/h1-6,8,17H,7H2,(H,16,18). The topological polar surface area (TPSA) is 62.2 Å². The summed E-state index contributed by atoms with van der Waals surface area (Å²) < 4.78 is 0. The second kappa shape index (κ2) is 5.51. The van der Waals surface area contributed by atoms with E-state index in [9.17, 15) is 4.79 Å². The molecule has 0 saturated heterocycles. The highest BCUT2D eigenvalue weighted by atomic mass is 35.5. The monoisotopic (exact) mass is 262 g/mol. The zero-order chi connectivity index (χ0) is 13.0. The van der Waals surface area contributed by atoms with Crippen LogP contribution in [0.3, 0.4) is 0 Å². The first-order valence-electron chi connectivity index (χ1n) is 5.33. The average Bonchev–Trinajstić information content (AvgIpc) is 2.38. The Morgan fingerprint density at radius 3 is 2.56 bits per heavy atom. The Kier molecular flexibility index (Phi) is 3.79. The number of nitrogens with one attached hydrogen (secondary N) is 1. The van der Waals surface area contributed by atoms with E-state index in [1.807, 2.05) is 0 Å². The van der Waals surface area contributed by atoms with Crippen molar-refractivity contribution in [2.45, 2.75) is 6.54 Å². The van der Waals surface area contributed by atoms with Gasteiger partial charge in [0.2, 0.25) is 0 Å². The van der Waals surface area contributed by atoms with E-state index in [-0.39, 0.29) is 11.7 Å². The van der Waals surface area contributed by atoms with Crippen LogP contribution in [-0.2, 0) is 6.54 Å². The molecule has 0 unspecified atom stereocenters. The summed E-state index contributed by atoms with van der Waals surface area (Å²) in [6.07, 6.45) is 1.43. The van der Waals surface area contributed by atoms with Gasteiger partial charge in [-0.2, -0.15) is 0 Å². The number of benzene rings is 1. The maximum Gasteiger partial charge on any atom is 0.253 e. The fraction of sp³-hybridized carbons (Fsp3) is 0.0769. The molecule has 5 heteroatoms. The fourth-order valence-corrected chi connectivity index (χ4v) is 1.52. The first-order chi connectivity index (χ1) is 8.65. The van der Waals surface area contributed by atoms with Gasteiger partial charge in [-0.25, -0.2) is 4.98 Å². The van der Waals surface area contributed by atoms with E-state index in [0.29, 0.717) is 17.3 Å². The third kappa shape index (κ3) is 3.21. The van der Waals surface area contributed by atoms with Crippen LogP contribution in [0, 0.1) is 0 Å². The third-order valence-electron chi connectivity index (χ3n) is 2.38. The summed E-state index contributed by atoms with van der Waals surface area (Å²) in [5.41, 5.74) is 1.36. The Balaban J connectivity index is 1.96. The largest absolute Gasteiger partial charge is 0.508 e. The number of hydrogen-bond acceptors (Lipinski definition) is 3. The van der Waals surface area contributed by atoms with Crippen LogP contribution >= 0.6 is 11.6 Å². The van der Waals surface area contributed by atoms with E-state index < -0.39 is 0 Å². The van der Waals surface area contributed by atoms with E-state index in [1.54, 1.807) is 36.4 Å². The number of phenols is 1. The van der Waals surface area contributed by atoms with E-state index in [4.69, 9.17) is 16.7 Å². The maximum absolute atomic E-state index is 11.8. The molecule has 2 rings (SSSR count). The van der Waals surface area contributed by atoms with Crippen molar-refractivity contribution in [2.24, 2.45) is 0 Å². The van der Waals surface area contributed by atoms with Crippen molar-refractivity contribution in [3.8, 4) is 5.75 Å². The molecule has 2 aromatic rings. The summed E-state index contributed by atoms with van der Waals surface area (Å²) in [5, 5.41) is 12.2. The number of amides is 1. The Bertz CT molecular complexity index is 538. The van der Waals surface area contributed by atoms with Gasteiger partial charge in [0.15, 0.2) is 0 Å². The van der Waals surface area contributed by atoms with Crippen molar-refractivity contribution < 1.29 is 9.90 Å². The number of phenolic OH excluding ortho intramolecular Hbond substituents is 1. The predicted molar refractivity (Wildman–Crippen MR) is 68.5 cm³/mol. The molecule has 0 atom stereocenters. The van der Waals surface area contributed by atoms with Crippen molar-refractivity contribution in [1.82, 2.24) is 10.3 Å². The second-order valence-electron chi connectivity index (χ2n) is 3.72. The minimum atomic E-state index is -0.216. The molecule has 1 heterocycles. The zero-order valence-corrected chi connectivity index (χ0v) is 10.2. The highest BCUT2D eigenvalue weighted by molar-refractivity contribution is 6.29. The van der Waals surface area contributed by atoms with E-state index in [2.05, 4.69) is 10.3 Å². The lowest BCUT2D eigenvalue weighted by Crippen LogP contribution is -2.22. The van der Waals surface area contributed by atoms with Gasteiger partial charge < -0.3 is 10.4 Å². The molecule has 0 spiro atoms. The second-order valence-corrected chi connectivity index (χ2v) is 4.11. The first kappa shape index (κ1) is 12.4. The summed E-state index contributed by atoms with van der Waals surface area (Å²) in [6.45, 7) is 0.391. The number of aromatic hydroxyl groups is 1. The summed E-state index contributed by atoms with van der Waals surface area (Å²) in [5.74, 6) is -0.0146. The van der Waals surface area contributed by atoms with Crippen molar-refractivity contribution in [1.29, 1.82) is 0 Å². The molecule has 92 valence electrons. The van der Waals surface area contributed by atoms with Crippen molar-refractivity contribution in [3.63, 3.8) is 0 Å². The fourth-order valence-electron chi connectivity index (χ4n) is 1.41. The Labute approximate surface area is 109 Å². The van der Waals surface area contributed by atoms with Gasteiger partial charge in [0.05, 0.1) is 5.56 Å². The van der Waals surface area contributed by atoms with E-state index in [0.717, 1.165) is 5.56 Å². The molecule has 18 heavy (non-hydrogen) atoms. The number of aromatic nitrogens is 1. The molecule has 1 aromatic carbocycles. The van der Waals surface area contributed by atoms with Crippen LogP contribution in [0.25, 0.3) is 0 Å². The van der Waals surface area contributed by atoms with Crippen molar-refractivity contribution in [2.75, 3.05) is 0 Å². The molecule has 2 N–H and O–H groups in total. The van der Waals surface area contributed by atoms with Crippen LogP contribution in [0.5, 0.6) is 5.75 Å². The van der Waals surface area contributed by atoms with Crippen LogP contribution in [0.2, 0.25) is 5.15 Å². The van der Waals surface area contributed by atoms with Crippen molar-refractivity contribution >= 4 is 17.5 Å². The minimum Gasteiger partial charge on any atom is -0.508 e. The molecule has 0 aliphatic carbocycles. The SMILES string of the molecule is O=C(NCc1ccc(O)cc1)c1ccc(Cl)nc1. The number of halogens is 1. The van der Waals surface area contributed by atoms with Gasteiger partial charge in [0.25, 0.3) is 5.91 Å². The molecular weight excluding hydrogens is 252 g/mol. The Morgan fingerprint density at radius 2 is 1.94 bits per heavy atom. The smallest absolute Gasteiger partial charge is 0.253 e. The van der Waals surface area contributed by atoms with E-state index in [1.165, 1.54) is 6.20 Å². The molecule has 1 amide bonds. The maximum atomic E-state index is 11.8. The van der Waals surface area contributed by atoms with Gasteiger partial charge in [-0.1, -0.05) is 23.7 Å². The number of nitrogens with zero attached hydrogens (tertiary/aromatic N) is 1. The summed E-state index contributed by atoms with van der Waals surface area (Å²) >= 11 is 5.64. The Hall–Kier alpha value is -2.07. The number of hydrogen-bond donors (Lipinski definition) is 2. The van der Waals surface area contributed by atoms with Gasteiger partial charge in [0.1, 0.15) is 10.9 Å². The van der Waals surface area contributed by atoms with Crippen LogP contribution in [0.1, 0.15) is 15.9 Å². The van der Waals surface area contributed by atoms with Crippen molar-refractivity contribution in [3.05, 3.63) is 58.9 Å². The van der Waals surface area contributed by atoms with Gasteiger partial charge in [-0.15, -0.1) is 0 Å². The summed E-state index contributed by atoms with van der Waals surface area (Å²) in [6, 6.07) is 9.82. The molecule has 0 saturated carbocycles. The number of pyridine rings is 1.